The van der Waals surface area contributed by atoms with Gasteiger partial charge in [-0.25, -0.2) is 4.98 Å². The smallest absolute Gasteiger partial charge is 0.145 e. The molecule has 3 nitrogen and oxygen atoms in total. The zero-order valence-corrected chi connectivity index (χ0v) is 32.1. The molecule has 5 unspecified atom stereocenters. The van der Waals surface area contributed by atoms with E-state index in [0.717, 1.165) is 59.4 Å². The minimum Gasteiger partial charge on any atom is -0.360 e. The van der Waals surface area contributed by atoms with E-state index in [1.807, 2.05) is 0 Å². The van der Waals surface area contributed by atoms with E-state index in [1.54, 1.807) is 0 Å². The van der Waals surface area contributed by atoms with Crippen LogP contribution in [0.5, 0.6) is 0 Å². The monoisotopic (exact) mass is 735 g/mol. The van der Waals surface area contributed by atoms with E-state index in [-0.39, 0.29) is 6.17 Å². The molecule has 4 aromatic carbocycles. The number of nitrogens with one attached hydrogen (secondary N) is 1. The Morgan fingerprint density at radius 1 is 0.702 bits per heavy atom. The molecule has 57 heavy (non-hydrogen) atoms. The largest absolute Gasteiger partial charge is 0.360 e. The summed E-state index contributed by atoms with van der Waals surface area (Å²) in [6, 6.07) is 33.5. The van der Waals surface area contributed by atoms with E-state index in [2.05, 4.69) is 181 Å². The van der Waals surface area contributed by atoms with Crippen molar-refractivity contribution in [2.45, 2.75) is 44.2 Å². The number of nitrogens with zero attached hydrogens (tertiary/aromatic N) is 2. The lowest BCUT2D eigenvalue weighted by atomic mass is 9.85. The highest BCUT2D eigenvalue weighted by Crippen LogP contribution is 2.51. The lowest BCUT2D eigenvalue weighted by molar-refractivity contribution is 0.663. The van der Waals surface area contributed by atoms with Crippen LogP contribution in [0.3, 0.4) is 0 Å². The number of aliphatic imine (C=N–C) groups is 1. The van der Waals surface area contributed by atoms with Gasteiger partial charge in [0.15, 0.2) is 0 Å². The molecular formula is C54H45N3. The van der Waals surface area contributed by atoms with Crippen LogP contribution in [0.2, 0.25) is 0 Å². The minimum absolute atomic E-state index is 0.209. The van der Waals surface area contributed by atoms with Crippen LogP contribution in [0.4, 0.5) is 0 Å². The normalized spacial score (nSPS) is 24.6. The Morgan fingerprint density at radius 2 is 1.58 bits per heavy atom. The van der Waals surface area contributed by atoms with Gasteiger partial charge in [-0.1, -0.05) is 152 Å². The maximum absolute atomic E-state index is 5.36. The van der Waals surface area contributed by atoms with Gasteiger partial charge >= 0.3 is 0 Å². The first-order valence-electron chi connectivity index (χ1n) is 20.8. The molecule has 6 aliphatic rings. The van der Waals surface area contributed by atoms with Crippen molar-refractivity contribution in [3.8, 4) is 11.1 Å². The molecule has 3 heteroatoms. The lowest BCUT2D eigenvalue weighted by Crippen LogP contribution is -2.25. The van der Waals surface area contributed by atoms with Crippen molar-refractivity contribution in [1.29, 1.82) is 0 Å². The van der Waals surface area contributed by atoms with E-state index in [4.69, 9.17) is 9.98 Å². The highest BCUT2D eigenvalue weighted by atomic mass is 15.1. The SMILES string of the molecule is C1=CCC(c2cc(C3=CC=CC4CC34)nc3ccc4ccc(-c5ccc(C6N=C(C7=CC(C8=CCCC=C8)CC=C7)C=C(c7ccccc7)N6)cc5)cc4c23)C=C1. The second kappa shape index (κ2) is 14.3. The zero-order valence-electron chi connectivity index (χ0n) is 32.1. The third-order valence-corrected chi connectivity index (χ3v) is 12.7. The van der Waals surface area contributed by atoms with Crippen LogP contribution in [-0.2, 0) is 0 Å². The molecule has 0 bridgehead atoms. The summed E-state index contributed by atoms with van der Waals surface area (Å²) in [5, 5.41) is 7.56. The van der Waals surface area contributed by atoms with E-state index >= 15 is 0 Å². The van der Waals surface area contributed by atoms with Gasteiger partial charge in [0.1, 0.15) is 6.17 Å². The average Bonchev–Trinajstić information content (AvgIpc) is 4.10. The van der Waals surface area contributed by atoms with Gasteiger partial charge in [0.2, 0.25) is 0 Å². The van der Waals surface area contributed by atoms with Crippen molar-refractivity contribution in [2.24, 2.45) is 22.7 Å². The summed E-state index contributed by atoms with van der Waals surface area (Å²) < 4.78 is 0. The summed E-state index contributed by atoms with van der Waals surface area (Å²) in [5.74, 6) is 1.99. The number of hydrogen-bond acceptors (Lipinski definition) is 3. The predicted molar refractivity (Wildman–Crippen MR) is 239 cm³/mol. The number of benzene rings is 4. The predicted octanol–water partition coefficient (Wildman–Crippen LogP) is 13.1. The second-order valence-electron chi connectivity index (χ2n) is 16.3. The van der Waals surface area contributed by atoms with Crippen LogP contribution in [0.1, 0.15) is 66.6 Å². The van der Waals surface area contributed by atoms with E-state index in [0.29, 0.717) is 23.7 Å². The number of fused-ring (bicyclic) bond motifs is 4. The fourth-order valence-electron chi connectivity index (χ4n) is 9.49. The summed E-state index contributed by atoms with van der Waals surface area (Å²) in [4.78, 5) is 10.7. The van der Waals surface area contributed by atoms with Gasteiger partial charge in [-0.3, -0.25) is 4.99 Å². The van der Waals surface area contributed by atoms with Crippen LogP contribution in [0.15, 0.2) is 192 Å². The number of rotatable bonds is 7. The Bertz CT molecular complexity index is 2740. The van der Waals surface area contributed by atoms with Gasteiger partial charge in [-0.2, -0.15) is 0 Å². The summed E-state index contributed by atoms with van der Waals surface area (Å²) in [7, 11) is 0. The van der Waals surface area contributed by atoms with Crippen LogP contribution in [-0.4, -0.2) is 10.7 Å². The summed E-state index contributed by atoms with van der Waals surface area (Å²) in [6.07, 6.45) is 37.5. The topological polar surface area (TPSA) is 37.3 Å². The third-order valence-electron chi connectivity index (χ3n) is 12.7. The van der Waals surface area contributed by atoms with Crippen LogP contribution < -0.4 is 5.32 Å². The molecule has 1 aliphatic heterocycles. The molecule has 1 fully saturated rings. The van der Waals surface area contributed by atoms with Gasteiger partial charge in [0.25, 0.3) is 0 Å². The summed E-state index contributed by atoms with van der Waals surface area (Å²) in [5.41, 5.74) is 14.4. The van der Waals surface area contributed by atoms with Gasteiger partial charge in [-0.05, 0) is 124 Å². The molecule has 5 aliphatic carbocycles. The molecule has 0 saturated heterocycles. The Kier molecular flexibility index (Phi) is 8.53. The molecule has 5 aromatic rings. The Labute approximate surface area is 335 Å². The van der Waals surface area contributed by atoms with E-state index < -0.39 is 0 Å². The highest BCUT2D eigenvalue weighted by molar-refractivity contribution is 6.14. The van der Waals surface area contributed by atoms with Crippen LogP contribution in [0.25, 0.3) is 44.1 Å². The number of aromatic nitrogens is 1. The standard InChI is InChI=1S/C54H45N3/c1-4-12-35(13-5-1)41-18-10-20-44(30-41)51-34-50(39-16-8-3-9-17-39)56-54(57-51)40-25-22-36(23-26-40)42-27-24-38-28-29-49-53(47(38)31-42)48(37-14-6-2-7-15-37)33-52(55-49)45-21-11-19-43-32-46(43)45/h2-4,6-14,16-17,19-31,33-34,37,41,43,46,54,56H,1,5,15,18,32H2. The molecule has 1 saturated carbocycles. The number of allylic oxidation sites excluding steroid dienone is 17. The van der Waals surface area contributed by atoms with Gasteiger partial charge < -0.3 is 5.32 Å². The fourth-order valence-corrected chi connectivity index (χ4v) is 9.49. The zero-order chi connectivity index (χ0) is 37.7. The van der Waals surface area contributed by atoms with Crippen LogP contribution >= 0.6 is 0 Å². The van der Waals surface area contributed by atoms with Gasteiger partial charge in [-0.15, -0.1) is 0 Å². The van der Waals surface area contributed by atoms with Crippen molar-refractivity contribution in [2.75, 3.05) is 0 Å². The molecular weight excluding hydrogens is 691 g/mol. The summed E-state index contributed by atoms with van der Waals surface area (Å²) >= 11 is 0. The molecule has 0 radical (unpaired) electrons. The Hall–Kier alpha value is -6.32. The number of pyridine rings is 1. The molecule has 11 rings (SSSR count). The van der Waals surface area contributed by atoms with Crippen molar-refractivity contribution < 1.29 is 0 Å². The maximum Gasteiger partial charge on any atom is 0.145 e. The van der Waals surface area contributed by atoms with E-state index in [9.17, 15) is 0 Å². The molecule has 1 aromatic heterocycles. The Balaban J connectivity index is 0.953. The number of hydrogen-bond donors (Lipinski definition) is 1. The van der Waals surface area contributed by atoms with Crippen LogP contribution in [0, 0.1) is 17.8 Å². The fraction of sp³-hybridized carbons (Fsp3) is 0.185. The first kappa shape index (κ1) is 34.0. The molecule has 1 N–H and O–H groups in total. The molecule has 2 heterocycles. The second-order valence-corrected chi connectivity index (χ2v) is 16.3. The minimum atomic E-state index is -0.209. The van der Waals surface area contributed by atoms with Gasteiger partial charge in [0, 0.05) is 22.9 Å². The van der Waals surface area contributed by atoms with Crippen molar-refractivity contribution in [1.82, 2.24) is 10.3 Å². The average molecular weight is 736 g/mol. The van der Waals surface area contributed by atoms with E-state index in [1.165, 1.54) is 56.0 Å². The first-order chi connectivity index (χ1) is 28.2. The summed E-state index contributed by atoms with van der Waals surface area (Å²) in [6.45, 7) is 0. The van der Waals surface area contributed by atoms with Crippen molar-refractivity contribution >= 4 is 38.7 Å². The highest BCUT2D eigenvalue weighted by Gasteiger charge is 2.40. The van der Waals surface area contributed by atoms with Gasteiger partial charge in [0.05, 0.1) is 16.9 Å². The molecule has 0 spiro atoms. The third kappa shape index (κ3) is 6.51. The maximum atomic E-state index is 5.36. The van der Waals surface area contributed by atoms with Crippen molar-refractivity contribution in [3.63, 3.8) is 0 Å². The molecule has 0 amide bonds. The first-order valence-corrected chi connectivity index (χ1v) is 20.8. The quantitative estimate of drug-likeness (QED) is 0.169. The van der Waals surface area contributed by atoms with Crippen molar-refractivity contribution in [3.05, 3.63) is 210 Å². The molecule has 5 atom stereocenters. The Morgan fingerprint density at radius 3 is 2.44 bits per heavy atom. The lowest BCUT2D eigenvalue weighted by Gasteiger charge is -2.27. The molecule has 276 valence electrons.